The summed E-state index contributed by atoms with van der Waals surface area (Å²) >= 11 is 0. The number of sulfone groups is 1. The van der Waals surface area contributed by atoms with E-state index in [2.05, 4.69) is 17.0 Å². The summed E-state index contributed by atoms with van der Waals surface area (Å²) in [6.07, 6.45) is 2.43. The number of carbonyl (C=O) groups is 1. The first-order valence-electron chi connectivity index (χ1n) is 5.86. The summed E-state index contributed by atoms with van der Waals surface area (Å²) in [5.41, 5.74) is 0. The van der Waals surface area contributed by atoms with Crippen LogP contribution in [0.3, 0.4) is 0 Å². The maximum atomic E-state index is 11.5. The van der Waals surface area contributed by atoms with Gasteiger partial charge in [-0.05, 0) is 26.8 Å². The average molecular weight is 265 g/mol. The van der Waals surface area contributed by atoms with Crippen molar-refractivity contribution >= 4 is 15.8 Å². The molecule has 0 aliphatic rings. The van der Waals surface area contributed by atoms with Crippen molar-refractivity contribution in [2.45, 2.75) is 38.6 Å². The third kappa shape index (κ3) is 9.12. The number of rotatable bonds is 9. The Morgan fingerprint density at radius 3 is 2.47 bits per heavy atom. The van der Waals surface area contributed by atoms with Gasteiger partial charge in [-0.3, -0.25) is 4.79 Å². The zero-order chi connectivity index (χ0) is 13.3. The number of carbonyl (C=O) groups excluding carboxylic acids is 1. The number of ether oxygens (including phenoxy) is 1. The van der Waals surface area contributed by atoms with E-state index in [0.29, 0.717) is 12.5 Å². The van der Waals surface area contributed by atoms with Crippen LogP contribution in [0.2, 0.25) is 0 Å². The molecule has 1 atom stereocenters. The molecule has 102 valence electrons. The SMILES string of the molecule is CNC(C)CCCCS(=O)(=O)CCC(=O)OC. The third-order valence-electron chi connectivity index (χ3n) is 2.68. The lowest BCUT2D eigenvalue weighted by atomic mass is 10.1. The van der Waals surface area contributed by atoms with E-state index in [9.17, 15) is 13.2 Å². The molecule has 0 aromatic carbocycles. The first-order chi connectivity index (χ1) is 7.91. The Labute approximate surface area is 104 Å². The number of esters is 1. The van der Waals surface area contributed by atoms with Gasteiger partial charge in [0, 0.05) is 6.04 Å². The van der Waals surface area contributed by atoms with E-state index in [1.807, 2.05) is 7.05 Å². The predicted molar refractivity (Wildman–Crippen MR) is 67.7 cm³/mol. The molecule has 0 radical (unpaired) electrons. The third-order valence-corrected chi connectivity index (χ3v) is 4.42. The fourth-order valence-corrected chi connectivity index (χ4v) is 2.69. The second kappa shape index (κ2) is 8.47. The molecule has 0 heterocycles. The molecular formula is C11H23NO4S. The highest BCUT2D eigenvalue weighted by Crippen LogP contribution is 2.04. The second-order valence-electron chi connectivity index (χ2n) is 4.16. The van der Waals surface area contributed by atoms with Crippen LogP contribution < -0.4 is 5.32 Å². The summed E-state index contributed by atoms with van der Waals surface area (Å²) in [5, 5.41) is 3.10. The highest BCUT2D eigenvalue weighted by Gasteiger charge is 2.13. The molecule has 17 heavy (non-hydrogen) atoms. The van der Waals surface area contributed by atoms with E-state index in [-0.39, 0.29) is 17.9 Å². The normalized spacial score (nSPS) is 13.4. The van der Waals surface area contributed by atoms with E-state index >= 15 is 0 Å². The molecule has 0 amide bonds. The largest absolute Gasteiger partial charge is 0.469 e. The van der Waals surface area contributed by atoms with Crippen LogP contribution >= 0.6 is 0 Å². The maximum absolute atomic E-state index is 11.5. The van der Waals surface area contributed by atoms with Gasteiger partial charge < -0.3 is 10.1 Å². The molecule has 1 unspecified atom stereocenters. The minimum absolute atomic E-state index is 0.0498. The number of methoxy groups -OCH3 is 1. The van der Waals surface area contributed by atoms with Crippen LogP contribution in [0.15, 0.2) is 0 Å². The molecule has 0 bridgehead atoms. The zero-order valence-corrected chi connectivity index (χ0v) is 11.7. The minimum atomic E-state index is -3.11. The van der Waals surface area contributed by atoms with E-state index in [1.165, 1.54) is 7.11 Å². The molecule has 0 saturated heterocycles. The van der Waals surface area contributed by atoms with E-state index < -0.39 is 15.8 Å². The highest BCUT2D eigenvalue weighted by molar-refractivity contribution is 7.91. The van der Waals surface area contributed by atoms with Gasteiger partial charge in [-0.15, -0.1) is 0 Å². The fourth-order valence-electron chi connectivity index (χ4n) is 1.36. The summed E-state index contributed by atoms with van der Waals surface area (Å²) in [6, 6.07) is 0.410. The maximum Gasteiger partial charge on any atom is 0.306 e. The minimum Gasteiger partial charge on any atom is -0.469 e. The van der Waals surface area contributed by atoms with Gasteiger partial charge >= 0.3 is 5.97 Å². The highest BCUT2D eigenvalue weighted by atomic mass is 32.2. The predicted octanol–water partition coefficient (Wildman–Crippen LogP) is 0.743. The molecule has 0 fully saturated rings. The zero-order valence-electron chi connectivity index (χ0n) is 10.9. The van der Waals surface area contributed by atoms with Crippen LogP contribution in [0.25, 0.3) is 0 Å². The quantitative estimate of drug-likeness (QED) is 0.492. The molecule has 0 saturated carbocycles. The van der Waals surface area contributed by atoms with Crippen molar-refractivity contribution in [1.29, 1.82) is 0 Å². The van der Waals surface area contributed by atoms with Gasteiger partial charge in [-0.25, -0.2) is 8.42 Å². The fraction of sp³-hybridized carbons (Fsp3) is 0.909. The second-order valence-corrected chi connectivity index (χ2v) is 6.47. The topological polar surface area (TPSA) is 72.5 Å². The monoisotopic (exact) mass is 265 g/mol. The van der Waals surface area contributed by atoms with Crippen molar-refractivity contribution in [2.24, 2.45) is 0 Å². The average Bonchev–Trinajstić information content (AvgIpc) is 2.31. The van der Waals surface area contributed by atoms with Gasteiger partial charge in [0.05, 0.1) is 25.0 Å². The number of nitrogens with one attached hydrogen (secondary N) is 1. The van der Waals surface area contributed by atoms with E-state index in [0.717, 1.165) is 12.8 Å². The van der Waals surface area contributed by atoms with Gasteiger partial charge in [0.1, 0.15) is 0 Å². The summed E-state index contributed by atoms with van der Waals surface area (Å²) in [6.45, 7) is 2.06. The first kappa shape index (κ1) is 16.4. The van der Waals surface area contributed by atoms with Gasteiger partial charge in [0.25, 0.3) is 0 Å². The summed E-state index contributed by atoms with van der Waals surface area (Å²) < 4.78 is 27.5. The number of hydrogen-bond acceptors (Lipinski definition) is 5. The van der Waals surface area contributed by atoms with Crippen LogP contribution in [0.5, 0.6) is 0 Å². The van der Waals surface area contributed by atoms with E-state index in [1.54, 1.807) is 0 Å². The molecule has 0 spiro atoms. The van der Waals surface area contributed by atoms with Crippen molar-refractivity contribution < 1.29 is 17.9 Å². The van der Waals surface area contributed by atoms with Crippen LogP contribution in [-0.4, -0.2) is 46.1 Å². The molecule has 6 heteroatoms. The number of unbranched alkanes of at least 4 members (excludes halogenated alkanes) is 1. The Balaban J connectivity index is 3.75. The Hall–Kier alpha value is -0.620. The molecule has 1 N–H and O–H groups in total. The van der Waals surface area contributed by atoms with E-state index in [4.69, 9.17) is 0 Å². The van der Waals surface area contributed by atoms with Crippen LogP contribution in [0.1, 0.15) is 32.6 Å². The van der Waals surface area contributed by atoms with Gasteiger partial charge in [0.15, 0.2) is 9.84 Å². The lowest BCUT2D eigenvalue weighted by Gasteiger charge is -2.09. The van der Waals surface area contributed by atoms with Gasteiger partial charge in [-0.1, -0.05) is 6.42 Å². The molecule has 0 aromatic heterocycles. The lowest BCUT2D eigenvalue weighted by molar-refractivity contribution is -0.140. The lowest BCUT2D eigenvalue weighted by Crippen LogP contribution is -2.21. The van der Waals surface area contributed by atoms with Crippen LogP contribution in [0.4, 0.5) is 0 Å². The molecule has 0 aliphatic carbocycles. The molecule has 0 aliphatic heterocycles. The number of hydrogen-bond donors (Lipinski definition) is 1. The molecule has 5 nitrogen and oxygen atoms in total. The van der Waals surface area contributed by atoms with Gasteiger partial charge in [0.2, 0.25) is 0 Å². The van der Waals surface area contributed by atoms with Gasteiger partial charge in [-0.2, -0.15) is 0 Å². The summed E-state index contributed by atoms with van der Waals surface area (Å²) in [5.74, 6) is -0.431. The van der Waals surface area contributed by atoms with Crippen molar-refractivity contribution in [1.82, 2.24) is 5.32 Å². The standard InChI is InChI=1S/C11H23NO4S/c1-10(12-2)6-4-5-8-17(14,15)9-7-11(13)16-3/h10,12H,4-9H2,1-3H3. The summed E-state index contributed by atoms with van der Waals surface area (Å²) in [4.78, 5) is 10.8. The Bertz CT molecular complexity index is 313. The molecule has 0 rings (SSSR count). The van der Waals surface area contributed by atoms with Crippen LogP contribution in [0, 0.1) is 0 Å². The molecular weight excluding hydrogens is 242 g/mol. The summed E-state index contributed by atoms with van der Waals surface area (Å²) in [7, 11) is 0.0321. The Morgan fingerprint density at radius 1 is 1.29 bits per heavy atom. The van der Waals surface area contributed by atoms with Crippen molar-refractivity contribution in [3.63, 3.8) is 0 Å². The van der Waals surface area contributed by atoms with Crippen molar-refractivity contribution in [3.8, 4) is 0 Å². The smallest absolute Gasteiger partial charge is 0.306 e. The molecule has 0 aromatic rings. The Morgan fingerprint density at radius 2 is 1.94 bits per heavy atom. The van der Waals surface area contributed by atoms with Crippen molar-refractivity contribution in [2.75, 3.05) is 25.7 Å². The first-order valence-corrected chi connectivity index (χ1v) is 7.68. The Kier molecular flexibility index (Phi) is 8.16. The van der Waals surface area contributed by atoms with Crippen LogP contribution in [-0.2, 0) is 19.4 Å². The van der Waals surface area contributed by atoms with Crippen molar-refractivity contribution in [3.05, 3.63) is 0 Å².